The molecule has 1 unspecified atom stereocenters. The van der Waals surface area contributed by atoms with Gasteiger partial charge in [0.2, 0.25) is 0 Å². The van der Waals surface area contributed by atoms with Crippen LogP contribution in [0.2, 0.25) is 5.02 Å². The van der Waals surface area contributed by atoms with Crippen molar-refractivity contribution in [2.24, 2.45) is 12.1 Å². The fraction of sp³-hybridized carbons (Fsp3) is 0.200. The molecule has 0 bridgehead atoms. The van der Waals surface area contributed by atoms with Gasteiger partial charge in [-0.05, 0) is 42.3 Å². The van der Waals surface area contributed by atoms with Crippen LogP contribution in [-0.4, -0.2) is 37.1 Å². The van der Waals surface area contributed by atoms with E-state index in [4.69, 9.17) is 16.0 Å². The summed E-state index contributed by atoms with van der Waals surface area (Å²) in [7, 11) is 1.91. The summed E-state index contributed by atoms with van der Waals surface area (Å²) in [5, 5.41) is 16.2. The molecule has 172 valence electrons. The minimum atomic E-state index is -0.296. The van der Waals surface area contributed by atoms with E-state index in [9.17, 15) is 4.79 Å². The molecular formula is C25H22ClN5O2S. The number of carbonyl (C=O) groups is 1. The number of rotatable bonds is 6. The van der Waals surface area contributed by atoms with E-state index in [1.807, 2.05) is 79.2 Å². The van der Waals surface area contributed by atoms with Crippen molar-refractivity contribution in [2.45, 2.75) is 24.5 Å². The van der Waals surface area contributed by atoms with Crippen molar-refractivity contribution in [3.8, 4) is 11.4 Å². The number of nitrogens with zero attached hydrogens (tertiary/aromatic N) is 5. The molecule has 3 heterocycles. The molecule has 1 aliphatic rings. The van der Waals surface area contributed by atoms with Crippen LogP contribution in [0.1, 0.15) is 29.3 Å². The molecule has 0 saturated carbocycles. The van der Waals surface area contributed by atoms with Crippen molar-refractivity contribution >= 4 is 35.0 Å². The van der Waals surface area contributed by atoms with Crippen LogP contribution in [0, 0.1) is 6.92 Å². The fourth-order valence-corrected chi connectivity index (χ4v) is 4.84. The van der Waals surface area contributed by atoms with Crippen molar-refractivity contribution in [1.29, 1.82) is 0 Å². The smallest absolute Gasteiger partial charge is 0.253 e. The number of aryl methyl sites for hydroxylation is 1. The molecule has 7 nitrogen and oxygen atoms in total. The van der Waals surface area contributed by atoms with E-state index >= 15 is 0 Å². The number of hydrogen-bond donors (Lipinski definition) is 0. The summed E-state index contributed by atoms with van der Waals surface area (Å²) in [6.07, 6.45) is 2.17. The highest BCUT2D eigenvalue weighted by Crippen LogP contribution is 2.34. The first kappa shape index (κ1) is 22.4. The number of halogens is 1. The maximum Gasteiger partial charge on any atom is 0.253 e. The van der Waals surface area contributed by atoms with Crippen molar-refractivity contribution in [3.63, 3.8) is 0 Å². The molecule has 34 heavy (non-hydrogen) atoms. The predicted octanol–water partition coefficient (Wildman–Crippen LogP) is 5.51. The molecule has 0 radical (unpaired) electrons. The molecule has 0 fully saturated rings. The van der Waals surface area contributed by atoms with Gasteiger partial charge in [-0.25, -0.2) is 5.01 Å². The summed E-state index contributed by atoms with van der Waals surface area (Å²) < 4.78 is 7.54. The van der Waals surface area contributed by atoms with Crippen molar-refractivity contribution in [1.82, 2.24) is 19.8 Å². The van der Waals surface area contributed by atoms with Crippen LogP contribution in [-0.2, 0) is 11.8 Å². The third kappa shape index (κ3) is 4.38. The van der Waals surface area contributed by atoms with Gasteiger partial charge in [-0.3, -0.25) is 4.79 Å². The monoisotopic (exact) mass is 491 g/mol. The molecule has 1 atom stereocenters. The molecule has 5 rings (SSSR count). The Kier molecular flexibility index (Phi) is 6.26. The lowest BCUT2D eigenvalue weighted by atomic mass is 10.0. The SMILES string of the molecule is Cc1ccccc1-c1nnc(SCC(=O)N2N=C(c3ccc(Cl)cc3)CC2c2ccco2)n1C. The lowest BCUT2D eigenvalue weighted by molar-refractivity contribution is -0.130. The zero-order valence-corrected chi connectivity index (χ0v) is 20.3. The number of carbonyl (C=O) groups excluding carboxylic acids is 1. The van der Waals surface area contributed by atoms with Crippen LogP contribution in [0.4, 0.5) is 0 Å². The Bertz CT molecular complexity index is 1350. The van der Waals surface area contributed by atoms with Crippen molar-refractivity contribution < 1.29 is 9.21 Å². The maximum atomic E-state index is 13.3. The summed E-state index contributed by atoms with van der Waals surface area (Å²) in [5.74, 6) is 1.52. The fourth-order valence-electron chi connectivity index (χ4n) is 3.95. The lowest BCUT2D eigenvalue weighted by Gasteiger charge is -2.19. The second-order valence-corrected chi connectivity index (χ2v) is 9.37. The Morgan fingerprint density at radius 3 is 2.65 bits per heavy atom. The average molecular weight is 492 g/mol. The molecule has 0 spiro atoms. The lowest BCUT2D eigenvalue weighted by Crippen LogP contribution is -2.28. The summed E-state index contributed by atoms with van der Waals surface area (Å²) in [6.45, 7) is 2.04. The van der Waals surface area contributed by atoms with Crippen molar-refractivity contribution in [3.05, 3.63) is 88.8 Å². The first-order valence-electron chi connectivity index (χ1n) is 10.8. The Morgan fingerprint density at radius 1 is 1.12 bits per heavy atom. The predicted molar refractivity (Wildman–Crippen MR) is 133 cm³/mol. The van der Waals surface area contributed by atoms with Gasteiger partial charge < -0.3 is 8.98 Å². The third-order valence-electron chi connectivity index (χ3n) is 5.76. The molecular weight excluding hydrogens is 470 g/mol. The van der Waals surface area contributed by atoms with Gasteiger partial charge in [-0.1, -0.05) is 59.8 Å². The number of aromatic nitrogens is 3. The van der Waals surface area contributed by atoms with Gasteiger partial charge in [-0.2, -0.15) is 5.10 Å². The number of hydrazone groups is 1. The Morgan fingerprint density at radius 2 is 1.91 bits per heavy atom. The molecule has 4 aromatic rings. The maximum absolute atomic E-state index is 13.3. The minimum absolute atomic E-state index is 0.129. The Labute approximate surface area is 206 Å². The van der Waals surface area contributed by atoms with Crippen LogP contribution in [0.15, 0.2) is 81.6 Å². The number of amides is 1. The van der Waals surface area contributed by atoms with Gasteiger partial charge in [0.25, 0.3) is 5.91 Å². The van der Waals surface area contributed by atoms with Crippen molar-refractivity contribution in [2.75, 3.05) is 5.75 Å². The molecule has 2 aromatic carbocycles. The van der Waals surface area contributed by atoms with E-state index in [0.29, 0.717) is 22.4 Å². The number of thioether (sulfide) groups is 1. The minimum Gasteiger partial charge on any atom is -0.467 e. The van der Waals surface area contributed by atoms with Gasteiger partial charge in [0.05, 0.1) is 17.7 Å². The summed E-state index contributed by atoms with van der Waals surface area (Å²) >= 11 is 7.38. The van der Waals surface area contributed by atoms with Crippen LogP contribution in [0.3, 0.4) is 0 Å². The molecule has 1 aliphatic heterocycles. The highest BCUT2D eigenvalue weighted by Gasteiger charge is 2.35. The van der Waals surface area contributed by atoms with Crippen LogP contribution in [0.5, 0.6) is 0 Å². The third-order valence-corrected chi connectivity index (χ3v) is 7.02. The number of hydrogen-bond acceptors (Lipinski definition) is 6. The van der Waals surface area contributed by atoms with E-state index in [1.165, 1.54) is 16.8 Å². The summed E-state index contributed by atoms with van der Waals surface area (Å²) in [5.41, 5.74) is 3.88. The first-order valence-corrected chi connectivity index (χ1v) is 12.1. The van der Waals surface area contributed by atoms with Gasteiger partial charge in [0.1, 0.15) is 11.8 Å². The van der Waals surface area contributed by atoms with E-state index in [2.05, 4.69) is 15.3 Å². The second kappa shape index (κ2) is 9.48. The van der Waals surface area contributed by atoms with E-state index in [-0.39, 0.29) is 17.7 Å². The highest BCUT2D eigenvalue weighted by atomic mass is 35.5. The summed E-state index contributed by atoms with van der Waals surface area (Å²) in [4.78, 5) is 13.3. The van der Waals surface area contributed by atoms with Crippen LogP contribution >= 0.6 is 23.4 Å². The van der Waals surface area contributed by atoms with Gasteiger partial charge in [0, 0.05) is 24.1 Å². The zero-order valence-electron chi connectivity index (χ0n) is 18.7. The zero-order chi connectivity index (χ0) is 23.7. The van der Waals surface area contributed by atoms with Gasteiger partial charge >= 0.3 is 0 Å². The Hall–Kier alpha value is -3.36. The van der Waals surface area contributed by atoms with Gasteiger partial charge in [-0.15, -0.1) is 10.2 Å². The molecule has 9 heteroatoms. The topological polar surface area (TPSA) is 76.5 Å². The number of benzene rings is 2. The normalized spacial score (nSPS) is 15.6. The quantitative estimate of drug-likeness (QED) is 0.332. The first-order chi connectivity index (χ1) is 16.5. The highest BCUT2D eigenvalue weighted by molar-refractivity contribution is 7.99. The van der Waals surface area contributed by atoms with Gasteiger partial charge in [0.15, 0.2) is 11.0 Å². The standard InChI is InChI=1S/C25H22ClN5O2S/c1-16-6-3-4-7-19(16)24-27-28-25(30(24)2)34-15-23(32)31-21(22-8-5-13-33-22)14-20(29-31)17-9-11-18(26)12-10-17/h3-13,21H,14-15H2,1-2H3. The van der Waals surface area contributed by atoms with E-state index in [0.717, 1.165) is 28.2 Å². The average Bonchev–Trinajstić information content (AvgIpc) is 3.59. The Balaban J connectivity index is 1.35. The largest absolute Gasteiger partial charge is 0.467 e. The molecule has 0 aliphatic carbocycles. The molecule has 2 aromatic heterocycles. The van der Waals surface area contributed by atoms with Crippen LogP contribution in [0.25, 0.3) is 11.4 Å². The number of furan rings is 1. The van der Waals surface area contributed by atoms with Crippen LogP contribution < -0.4 is 0 Å². The van der Waals surface area contributed by atoms with E-state index < -0.39 is 0 Å². The molecule has 0 saturated heterocycles. The molecule has 0 N–H and O–H groups in total. The molecule has 1 amide bonds. The summed E-state index contributed by atoms with van der Waals surface area (Å²) in [6, 6.07) is 18.9. The second-order valence-electron chi connectivity index (χ2n) is 8.00. The van der Waals surface area contributed by atoms with E-state index in [1.54, 1.807) is 6.26 Å².